The standard InChI is InChI=1S/C11H13NO2/c12-10(11(13)14)9-5-7-3-1-2-4-8(7)6-9/h1-4,9-10H,5-6,12H2,(H,13,14)/t10-/m0/s1. The Morgan fingerprint density at radius 1 is 1.36 bits per heavy atom. The van der Waals surface area contributed by atoms with Crippen molar-refractivity contribution in [2.75, 3.05) is 0 Å². The minimum atomic E-state index is -0.900. The topological polar surface area (TPSA) is 63.3 Å². The maximum atomic E-state index is 10.7. The number of hydrogen-bond acceptors (Lipinski definition) is 2. The van der Waals surface area contributed by atoms with E-state index in [0.29, 0.717) is 0 Å². The van der Waals surface area contributed by atoms with Gasteiger partial charge in [0.2, 0.25) is 0 Å². The quantitative estimate of drug-likeness (QED) is 0.727. The number of carboxylic acids is 1. The fourth-order valence-electron chi connectivity index (χ4n) is 2.05. The van der Waals surface area contributed by atoms with Gasteiger partial charge < -0.3 is 10.8 Å². The lowest BCUT2D eigenvalue weighted by atomic mass is 9.98. The minimum Gasteiger partial charge on any atom is -0.480 e. The van der Waals surface area contributed by atoms with Crippen molar-refractivity contribution in [3.8, 4) is 0 Å². The average Bonchev–Trinajstić information content (AvgIpc) is 2.59. The monoisotopic (exact) mass is 191 g/mol. The van der Waals surface area contributed by atoms with Gasteiger partial charge in [-0.2, -0.15) is 0 Å². The number of nitrogens with two attached hydrogens (primary N) is 1. The highest BCUT2D eigenvalue weighted by Crippen LogP contribution is 2.27. The summed E-state index contributed by atoms with van der Waals surface area (Å²) >= 11 is 0. The molecule has 0 heterocycles. The molecule has 3 nitrogen and oxygen atoms in total. The van der Waals surface area contributed by atoms with Crippen LogP contribution in [0.25, 0.3) is 0 Å². The molecule has 14 heavy (non-hydrogen) atoms. The van der Waals surface area contributed by atoms with Crippen LogP contribution in [0, 0.1) is 5.92 Å². The Balaban J connectivity index is 2.15. The summed E-state index contributed by atoms with van der Waals surface area (Å²) in [5, 5.41) is 8.80. The predicted molar refractivity (Wildman–Crippen MR) is 53.0 cm³/mol. The van der Waals surface area contributed by atoms with E-state index in [9.17, 15) is 4.79 Å². The van der Waals surface area contributed by atoms with Gasteiger partial charge in [-0.15, -0.1) is 0 Å². The van der Waals surface area contributed by atoms with E-state index in [1.165, 1.54) is 11.1 Å². The zero-order valence-electron chi connectivity index (χ0n) is 7.81. The molecule has 1 aliphatic carbocycles. The highest BCUT2D eigenvalue weighted by molar-refractivity contribution is 5.73. The molecule has 1 atom stereocenters. The molecular formula is C11H13NO2. The molecule has 1 aromatic carbocycles. The van der Waals surface area contributed by atoms with Crippen LogP contribution < -0.4 is 5.73 Å². The SMILES string of the molecule is N[C@H](C(=O)O)C1Cc2ccccc2C1. The van der Waals surface area contributed by atoms with Crippen LogP contribution in [0.1, 0.15) is 11.1 Å². The number of hydrogen-bond donors (Lipinski definition) is 2. The number of aliphatic carboxylic acids is 1. The van der Waals surface area contributed by atoms with Crippen LogP contribution in [0.15, 0.2) is 24.3 Å². The summed E-state index contributed by atoms with van der Waals surface area (Å²) in [6.45, 7) is 0. The van der Waals surface area contributed by atoms with Crippen LogP contribution >= 0.6 is 0 Å². The van der Waals surface area contributed by atoms with Crippen molar-refractivity contribution in [1.29, 1.82) is 0 Å². The molecule has 0 spiro atoms. The Kier molecular flexibility index (Phi) is 2.25. The summed E-state index contributed by atoms with van der Waals surface area (Å²) in [7, 11) is 0. The van der Waals surface area contributed by atoms with Crippen LogP contribution in [0.5, 0.6) is 0 Å². The molecule has 0 saturated heterocycles. The first-order valence-electron chi connectivity index (χ1n) is 4.73. The van der Waals surface area contributed by atoms with Crippen LogP contribution in [-0.2, 0) is 17.6 Å². The summed E-state index contributed by atoms with van der Waals surface area (Å²) in [4.78, 5) is 10.7. The summed E-state index contributed by atoms with van der Waals surface area (Å²) in [5.41, 5.74) is 8.09. The van der Waals surface area contributed by atoms with Crippen molar-refractivity contribution in [1.82, 2.24) is 0 Å². The second kappa shape index (κ2) is 3.42. The molecule has 74 valence electrons. The van der Waals surface area contributed by atoms with Gasteiger partial charge in [0.15, 0.2) is 0 Å². The molecule has 1 aromatic rings. The van der Waals surface area contributed by atoms with E-state index < -0.39 is 12.0 Å². The molecule has 2 rings (SSSR count). The first-order chi connectivity index (χ1) is 6.68. The third-order valence-electron chi connectivity index (χ3n) is 2.88. The summed E-state index contributed by atoms with van der Waals surface area (Å²) in [6, 6.07) is 7.32. The molecule has 0 bridgehead atoms. The number of fused-ring (bicyclic) bond motifs is 1. The van der Waals surface area contributed by atoms with Crippen molar-refractivity contribution >= 4 is 5.97 Å². The predicted octanol–water partition coefficient (Wildman–Crippen LogP) is 0.813. The zero-order valence-corrected chi connectivity index (χ0v) is 7.81. The van der Waals surface area contributed by atoms with Crippen molar-refractivity contribution < 1.29 is 9.90 Å². The second-order valence-electron chi connectivity index (χ2n) is 3.80. The molecule has 0 aliphatic heterocycles. The van der Waals surface area contributed by atoms with E-state index in [-0.39, 0.29) is 5.92 Å². The Morgan fingerprint density at radius 2 is 1.86 bits per heavy atom. The fourth-order valence-corrected chi connectivity index (χ4v) is 2.05. The normalized spacial score (nSPS) is 17.8. The van der Waals surface area contributed by atoms with Crippen molar-refractivity contribution in [3.05, 3.63) is 35.4 Å². The van der Waals surface area contributed by atoms with Crippen LogP contribution in [0.2, 0.25) is 0 Å². The Morgan fingerprint density at radius 3 is 2.29 bits per heavy atom. The highest BCUT2D eigenvalue weighted by atomic mass is 16.4. The molecule has 3 N–H and O–H groups in total. The molecule has 1 aliphatic rings. The lowest BCUT2D eigenvalue weighted by molar-refractivity contribution is -0.139. The van der Waals surface area contributed by atoms with Gasteiger partial charge in [-0.05, 0) is 29.9 Å². The molecule has 0 amide bonds. The van der Waals surface area contributed by atoms with Crippen LogP contribution in [0.4, 0.5) is 0 Å². The molecule has 0 unspecified atom stereocenters. The van der Waals surface area contributed by atoms with Gasteiger partial charge >= 0.3 is 5.97 Å². The zero-order chi connectivity index (χ0) is 10.1. The third kappa shape index (κ3) is 1.51. The maximum absolute atomic E-state index is 10.7. The first-order valence-corrected chi connectivity index (χ1v) is 4.73. The Hall–Kier alpha value is -1.35. The van der Waals surface area contributed by atoms with Gasteiger partial charge in [0, 0.05) is 0 Å². The maximum Gasteiger partial charge on any atom is 0.320 e. The molecule has 0 aromatic heterocycles. The minimum absolute atomic E-state index is 0.0601. The van der Waals surface area contributed by atoms with E-state index >= 15 is 0 Å². The lowest BCUT2D eigenvalue weighted by Gasteiger charge is -2.13. The Bertz CT molecular complexity index is 337. The van der Waals surface area contributed by atoms with Gasteiger partial charge in [-0.1, -0.05) is 24.3 Å². The Labute approximate surface area is 82.5 Å². The van der Waals surface area contributed by atoms with E-state index in [1.807, 2.05) is 24.3 Å². The van der Waals surface area contributed by atoms with Gasteiger partial charge in [-0.25, -0.2) is 0 Å². The molecule has 3 heteroatoms. The largest absolute Gasteiger partial charge is 0.480 e. The number of rotatable bonds is 2. The highest BCUT2D eigenvalue weighted by Gasteiger charge is 2.29. The lowest BCUT2D eigenvalue weighted by Crippen LogP contribution is -2.38. The second-order valence-corrected chi connectivity index (χ2v) is 3.80. The van der Waals surface area contributed by atoms with E-state index in [1.54, 1.807) is 0 Å². The van der Waals surface area contributed by atoms with Crippen molar-refractivity contribution in [2.45, 2.75) is 18.9 Å². The fraction of sp³-hybridized carbons (Fsp3) is 0.364. The van der Waals surface area contributed by atoms with Crippen molar-refractivity contribution in [3.63, 3.8) is 0 Å². The first kappa shape index (κ1) is 9.21. The molecule has 0 saturated carbocycles. The van der Waals surface area contributed by atoms with Gasteiger partial charge in [0.25, 0.3) is 0 Å². The summed E-state index contributed by atoms with van der Waals surface area (Å²) < 4.78 is 0. The third-order valence-corrected chi connectivity index (χ3v) is 2.88. The van der Waals surface area contributed by atoms with Gasteiger partial charge in [0.1, 0.15) is 6.04 Å². The van der Waals surface area contributed by atoms with Crippen LogP contribution in [-0.4, -0.2) is 17.1 Å². The van der Waals surface area contributed by atoms with E-state index in [2.05, 4.69) is 0 Å². The van der Waals surface area contributed by atoms with Crippen molar-refractivity contribution in [2.24, 2.45) is 11.7 Å². The molecular weight excluding hydrogens is 178 g/mol. The summed E-state index contributed by atoms with van der Waals surface area (Å²) in [6.07, 6.45) is 1.59. The molecule has 0 fully saturated rings. The number of carbonyl (C=O) groups is 1. The number of benzene rings is 1. The smallest absolute Gasteiger partial charge is 0.320 e. The van der Waals surface area contributed by atoms with Gasteiger partial charge in [0.05, 0.1) is 0 Å². The molecule has 0 radical (unpaired) electrons. The van der Waals surface area contributed by atoms with E-state index in [0.717, 1.165) is 12.8 Å². The number of carboxylic acid groups (broad SMARTS) is 1. The van der Waals surface area contributed by atoms with Crippen LogP contribution in [0.3, 0.4) is 0 Å². The van der Waals surface area contributed by atoms with E-state index in [4.69, 9.17) is 10.8 Å². The summed E-state index contributed by atoms with van der Waals surface area (Å²) in [5.74, 6) is -0.840. The average molecular weight is 191 g/mol. The van der Waals surface area contributed by atoms with Gasteiger partial charge in [-0.3, -0.25) is 4.79 Å².